The Kier molecular flexibility index (Phi) is 20.3. The Morgan fingerprint density at radius 2 is 1.00 bits per heavy atom. The Morgan fingerprint density at radius 1 is 0.667 bits per heavy atom. The van der Waals surface area contributed by atoms with Crippen LogP contribution in [0.3, 0.4) is 0 Å². The lowest BCUT2D eigenvalue weighted by Crippen LogP contribution is -2.32. The van der Waals surface area contributed by atoms with Crippen molar-refractivity contribution < 1.29 is 0 Å². The van der Waals surface area contributed by atoms with E-state index in [9.17, 15) is 0 Å². The monoisotopic (exact) mass is 178 g/mol. The van der Waals surface area contributed by atoms with Crippen LogP contribution < -0.4 is 33.8 Å². The van der Waals surface area contributed by atoms with Gasteiger partial charge < -0.3 is 22.1 Å². The van der Waals surface area contributed by atoms with E-state index in [1.807, 2.05) is 0 Å². The molecule has 6 heteroatoms. The second-order valence-electron chi connectivity index (χ2n) is 2.08. The average molecular weight is 178 g/mol. The lowest BCUT2D eigenvalue weighted by molar-refractivity contribution is 0.618. The maximum atomic E-state index is 5.27. The molecule has 0 fully saturated rings. The van der Waals surface area contributed by atoms with Crippen LogP contribution in [0.25, 0.3) is 0 Å². The fourth-order valence-electron chi connectivity index (χ4n) is 0.631. The molecule has 0 aliphatic carbocycles. The molecule has 10 N–H and O–H groups in total. The molecule has 0 aromatic carbocycles. The third kappa shape index (κ3) is 16.4. The van der Waals surface area contributed by atoms with Crippen LogP contribution in [-0.4, -0.2) is 39.3 Å². The van der Waals surface area contributed by atoms with Crippen molar-refractivity contribution in [3.05, 3.63) is 0 Å². The van der Waals surface area contributed by atoms with Gasteiger partial charge in [-0.25, -0.2) is 0 Å². The zero-order valence-corrected chi connectivity index (χ0v) is 7.55. The molecule has 0 amide bonds. The summed E-state index contributed by atoms with van der Waals surface area (Å²) in [4.78, 5) is 0. The van der Waals surface area contributed by atoms with Crippen molar-refractivity contribution in [2.75, 3.05) is 39.3 Å². The molecular formula is C6H22N6. The van der Waals surface area contributed by atoms with E-state index in [2.05, 4.69) is 22.3 Å². The summed E-state index contributed by atoms with van der Waals surface area (Å²) in [5.74, 6) is 8.00. The smallest absolute Gasteiger partial charge is 0.00772 e. The Morgan fingerprint density at radius 3 is 1.25 bits per heavy atom. The summed E-state index contributed by atoms with van der Waals surface area (Å²) < 4.78 is 0. The van der Waals surface area contributed by atoms with Gasteiger partial charge in [-0.05, 0) is 0 Å². The Hall–Kier alpha value is -0.240. The first kappa shape index (κ1) is 14.3. The fourth-order valence-corrected chi connectivity index (χ4v) is 0.631. The van der Waals surface area contributed by atoms with Gasteiger partial charge in [0.1, 0.15) is 0 Å². The first-order valence-electron chi connectivity index (χ1n) is 4.06. The molecule has 0 aliphatic rings. The van der Waals surface area contributed by atoms with Crippen LogP contribution in [0.15, 0.2) is 0 Å². The van der Waals surface area contributed by atoms with Crippen molar-refractivity contribution in [1.29, 1.82) is 0 Å². The van der Waals surface area contributed by atoms with Gasteiger partial charge >= 0.3 is 0 Å². The molecule has 12 heavy (non-hydrogen) atoms. The molecule has 0 aliphatic heterocycles. The predicted octanol–water partition coefficient (Wildman–Crippen LogP) is -3.10. The summed E-state index contributed by atoms with van der Waals surface area (Å²) in [6, 6.07) is 0. The highest BCUT2D eigenvalue weighted by atomic mass is 15.0. The second kappa shape index (κ2) is 17.0. The first-order valence-corrected chi connectivity index (χ1v) is 4.06. The average Bonchev–Trinajstić information content (AvgIpc) is 2.15. The molecule has 0 bridgehead atoms. The van der Waals surface area contributed by atoms with Crippen molar-refractivity contribution in [2.24, 2.45) is 23.2 Å². The topological polar surface area (TPSA) is 128 Å². The predicted molar refractivity (Wildman–Crippen MR) is 52.2 cm³/mol. The van der Waals surface area contributed by atoms with Crippen LogP contribution in [-0.2, 0) is 0 Å². The summed E-state index contributed by atoms with van der Waals surface area (Å²) in [6.45, 7) is 5.14. The van der Waals surface area contributed by atoms with Crippen molar-refractivity contribution in [3.63, 3.8) is 0 Å². The van der Waals surface area contributed by atoms with Crippen molar-refractivity contribution in [1.82, 2.24) is 10.6 Å². The van der Waals surface area contributed by atoms with Gasteiger partial charge in [-0.2, -0.15) is 0 Å². The second-order valence-corrected chi connectivity index (χ2v) is 2.08. The van der Waals surface area contributed by atoms with Crippen LogP contribution >= 0.6 is 0 Å². The summed E-state index contributed by atoms with van der Waals surface area (Å²) >= 11 is 0. The van der Waals surface area contributed by atoms with E-state index in [-0.39, 0.29) is 0 Å². The SMILES string of the molecule is NCCNCCNCCN.NN. The van der Waals surface area contributed by atoms with Gasteiger partial charge in [-0.3, -0.25) is 11.7 Å². The first-order chi connectivity index (χ1) is 5.91. The van der Waals surface area contributed by atoms with E-state index in [1.54, 1.807) is 0 Å². The molecule has 0 aromatic heterocycles. The van der Waals surface area contributed by atoms with Crippen LogP contribution in [0.1, 0.15) is 0 Å². The van der Waals surface area contributed by atoms with Gasteiger partial charge in [0.05, 0.1) is 0 Å². The molecular weight excluding hydrogens is 156 g/mol. The minimum absolute atomic E-state index is 0.705. The van der Waals surface area contributed by atoms with Crippen LogP contribution in [0.2, 0.25) is 0 Å². The minimum atomic E-state index is 0.705. The van der Waals surface area contributed by atoms with Crippen LogP contribution in [0.5, 0.6) is 0 Å². The summed E-state index contributed by atoms with van der Waals surface area (Å²) in [5.41, 5.74) is 10.5. The number of hydrazine groups is 1. The maximum Gasteiger partial charge on any atom is 0.00772 e. The summed E-state index contributed by atoms with van der Waals surface area (Å²) in [6.07, 6.45) is 0. The quantitative estimate of drug-likeness (QED) is 0.139. The van der Waals surface area contributed by atoms with Crippen LogP contribution in [0, 0.1) is 0 Å². The maximum absolute atomic E-state index is 5.27. The highest BCUT2D eigenvalue weighted by molar-refractivity contribution is 4.51. The fraction of sp³-hybridized carbons (Fsp3) is 1.00. The minimum Gasteiger partial charge on any atom is -0.329 e. The van der Waals surface area contributed by atoms with Gasteiger partial charge in [0.25, 0.3) is 0 Å². The Balaban J connectivity index is 0. The van der Waals surface area contributed by atoms with E-state index >= 15 is 0 Å². The van der Waals surface area contributed by atoms with E-state index < -0.39 is 0 Å². The molecule has 0 saturated carbocycles. The molecule has 0 rings (SSSR count). The molecule has 0 spiro atoms. The van der Waals surface area contributed by atoms with E-state index in [1.165, 1.54) is 0 Å². The lowest BCUT2D eigenvalue weighted by atomic mass is 10.5. The van der Waals surface area contributed by atoms with Gasteiger partial charge in [-0.1, -0.05) is 0 Å². The van der Waals surface area contributed by atoms with E-state index in [0.717, 1.165) is 26.2 Å². The summed E-state index contributed by atoms with van der Waals surface area (Å²) in [5, 5.41) is 6.33. The number of hydrogen-bond acceptors (Lipinski definition) is 6. The number of rotatable bonds is 7. The largest absolute Gasteiger partial charge is 0.329 e. The molecule has 6 nitrogen and oxygen atoms in total. The molecule has 0 atom stereocenters. The lowest BCUT2D eigenvalue weighted by Gasteiger charge is -2.03. The zero-order chi connectivity index (χ0) is 9.66. The van der Waals surface area contributed by atoms with Gasteiger partial charge in [0.15, 0.2) is 0 Å². The number of hydrogen-bond donors (Lipinski definition) is 6. The van der Waals surface area contributed by atoms with Crippen molar-refractivity contribution in [2.45, 2.75) is 0 Å². The van der Waals surface area contributed by atoms with E-state index in [4.69, 9.17) is 11.5 Å². The number of nitrogens with two attached hydrogens (primary N) is 4. The molecule has 0 aromatic rings. The number of nitrogens with one attached hydrogen (secondary N) is 2. The van der Waals surface area contributed by atoms with Crippen LogP contribution in [0.4, 0.5) is 0 Å². The van der Waals surface area contributed by atoms with E-state index in [0.29, 0.717) is 13.1 Å². The Labute approximate surface area is 74.0 Å². The third-order valence-electron chi connectivity index (χ3n) is 1.12. The molecule has 0 saturated heterocycles. The summed E-state index contributed by atoms with van der Waals surface area (Å²) in [7, 11) is 0. The standard InChI is InChI=1S/C6H18N4.H4N2/c7-1-3-9-5-6-10-4-2-8;1-2/h9-10H,1-8H2;1-2H2. The van der Waals surface area contributed by atoms with Gasteiger partial charge in [-0.15, -0.1) is 0 Å². The Bertz CT molecular complexity index is 52.0. The van der Waals surface area contributed by atoms with Crippen molar-refractivity contribution >= 4 is 0 Å². The van der Waals surface area contributed by atoms with Gasteiger partial charge in [0.2, 0.25) is 0 Å². The molecule has 0 unspecified atom stereocenters. The third-order valence-corrected chi connectivity index (χ3v) is 1.12. The molecule has 0 radical (unpaired) electrons. The molecule has 0 heterocycles. The van der Waals surface area contributed by atoms with Crippen molar-refractivity contribution in [3.8, 4) is 0 Å². The highest BCUT2D eigenvalue weighted by Crippen LogP contribution is 1.57. The highest BCUT2D eigenvalue weighted by Gasteiger charge is 1.83. The van der Waals surface area contributed by atoms with Gasteiger partial charge in [0, 0.05) is 39.3 Å². The normalized spacial score (nSPS) is 9.00. The zero-order valence-electron chi connectivity index (χ0n) is 7.55. The molecule has 76 valence electrons.